The number of halogens is 2. The molecule has 0 fully saturated rings. The first-order valence-electron chi connectivity index (χ1n) is 6.49. The molecule has 0 heterocycles. The second kappa shape index (κ2) is 6.96. The summed E-state index contributed by atoms with van der Waals surface area (Å²) in [6.07, 6.45) is 0.103. The highest BCUT2D eigenvalue weighted by Gasteiger charge is 2.09. The molecule has 110 valence electrons. The van der Waals surface area contributed by atoms with Crippen molar-refractivity contribution in [2.24, 2.45) is 0 Å². The lowest BCUT2D eigenvalue weighted by molar-refractivity contribution is 0.102. The van der Waals surface area contributed by atoms with Gasteiger partial charge in [-0.2, -0.15) is 0 Å². The van der Waals surface area contributed by atoms with Crippen LogP contribution in [0.2, 0.25) is 5.02 Å². The van der Waals surface area contributed by atoms with E-state index in [4.69, 9.17) is 16.3 Å². The number of rotatable bonds is 4. The highest BCUT2D eigenvalue weighted by molar-refractivity contribution is 9.10. The summed E-state index contributed by atoms with van der Waals surface area (Å²) in [6.45, 7) is 3.91. The van der Waals surface area contributed by atoms with E-state index in [0.717, 1.165) is 10.2 Å². The van der Waals surface area contributed by atoms with Crippen LogP contribution in [0.3, 0.4) is 0 Å². The third kappa shape index (κ3) is 4.48. The molecule has 0 aliphatic heterocycles. The van der Waals surface area contributed by atoms with E-state index in [1.807, 2.05) is 19.9 Å². The van der Waals surface area contributed by atoms with Crippen molar-refractivity contribution < 1.29 is 9.53 Å². The van der Waals surface area contributed by atoms with E-state index in [0.29, 0.717) is 16.3 Å². The largest absolute Gasteiger partial charge is 0.491 e. The number of ether oxygens (including phenoxy) is 1. The summed E-state index contributed by atoms with van der Waals surface area (Å²) in [7, 11) is 0. The predicted octanol–water partition coefficient (Wildman–Crippen LogP) is 5.14. The predicted molar refractivity (Wildman–Crippen MR) is 89.3 cm³/mol. The standard InChI is InChI=1S/C16H15BrClNO2/c1-10(2)21-13-6-3-11(4-7-13)16(20)19-15-8-5-12(17)9-14(15)18/h3-10H,1-2H3,(H,19,20). The molecule has 0 spiro atoms. The van der Waals surface area contributed by atoms with Crippen LogP contribution in [0, 0.1) is 0 Å². The number of hydrogen-bond donors (Lipinski definition) is 1. The molecule has 2 aromatic carbocycles. The quantitative estimate of drug-likeness (QED) is 0.811. The molecule has 2 aromatic rings. The number of benzene rings is 2. The first-order valence-corrected chi connectivity index (χ1v) is 7.66. The first-order chi connectivity index (χ1) is 9.95. The number of amides is 1. The van der Waals surface area contributed by atoms with E-state index in [9.17, 15) is 4.79 Å². The Bertz CT molecular complexity index is 641. The van der Waals surface area contributed by atoms with Crippen molar-refractivity contribution in [3.05, 3.63) is 57.5 Å². The number of anilines is 1. The van der Waals surface area contributed by atoms with Gasteiger partial charge in [0.05, 0.1) is 16.8 Å². The number of nitrogens with one attached hydrogen (secondary N) is 1. The summed E-state index contributed by atoms with van der Waals surface area (Å²) >= 11 is 9.40. The highest BCUT2D eigenvalue weighted by Crippen LogP contribution is 2.26. The second-order valence-corrected chi connectivity index (χ2v) is 6.09. The summed E-state index contributed by atoms with van der Waals surface area (Å²) in [5, 5.41) is 3.27. The maximum Gasteiger partial charge on any atom is 0.255 e. The van der Waals surface area contributed by atoms with E-state index in [2.05, 4.69) is 21.2 Å². The molecule has 2 rings (SSSR count). The minimum Gasteiger partial charge on any atom is -0.491 e. The molecule has 0 radical (unpaired) electrons. The number of carbonyl (C=O) groups excluding carboxylic acids is 1. The van der Waals surface area contributed by atoms with Crippen LogP contribution in [-0.4, -0.2) is 12.0 Å². The van der Waals surface area contributed by atoms with Crippen LogP contribution in [0.5, 0.6) is 5.75 Å². The first kappa shape index (κ1) is 15.9. The molecule has 1 amide bonds. The van der Waals surface area contributed by atoms with Crippen LogP contribution < -0.4 is 10.1 Å². The summed E-state index contributed by atoms with van der Waals surface area (Å²) in [4.78, 5) is 12.2. The van der Waals surface area contributed by atoms with Gasteiger partial charge in [0.25, 0.3) is 5.91 Å². The van der Waals surface area contributed by atoms with Crippen molar-refractivity contribution in [3.63, 3.8) is 0 Å². The van der Waals surface area contributed by atoms with E-state index in [1.165, 1.54) is 0 Å². The summed E-state index contributed by atoms with van der Waals surface area (Å²) in [5.74, 6) is 0.526. The van der Waals surface area contributed by atoms with Gasteiger partial charge in [-0.25, -0.2) is 0 Å². The van der Waals surface area contributed by atoms with Crippen molar-refractivity contribution in [2.75, 3.05) is 5.32 Å². The Morgan fingerprint density at radius 3 is 2.43 bits per heavy atom. The van der Waals surface area contributed by atoms with Crippen molar-refractivity contribution in [2.45, 2.75) is 20.0 Å². The molecule has 3 nitrogen and oxygen atoms in total. The van der Waals surface area contributed by atoms with Crippen LogP contribution >= 0.6 is 27.5 Å². The van der Waals surface area contributed by atoms with E-state index >= 15 is 0 Å². The highest BCUT2D eigenvalue weighted by atomic mass is 79.9. The molecule has 0 unspecified atom stereocenters. The summed E-state index contributed by atoms with van der Waals surface area (Å²) in [6, 6.07) is 12.3. The Morgan fingerprint density at radius 1 is 1.19 bits per heavy atom. The molecule has 0 aliphatic carbocycles. The van der Waals surface area contributed by atoms with Crippen LogP contribution in [0.4, 0.5) is 5.69 Å². The zero-order chi connectivity index (χ0) is 15.4. The van der Waals surface area contributed by atoms with Gasteiger partial charge in [-0.15, -0.1) is 0 Å². The molecule has 0 aromatic heterocycles. The molecular weight excluding hydrogens is 354 g/mol. The molecule has 0 saturated heterocycles. The minimum absolute atomic E-state index is 0.103. The molecule has 0 aliphatic rings. The van der Waals surface area contributed by atoms with Gasteiger partial charge in [-0.1, -0.05) is 27.5 Å². The molecule has 0 saturated carbocycles. The van der Waals surface area contributed by atoms with Crippen LogP contribution in [0.1, 0.15) is 24.2 Å². The van der Waals surface area contributed by atoms with Crippen molar-refractivity contribution in [1.29, 1.82) is 0 Å². The van der Waals surface area contributed by atoms with Crippen molar-refractivity contribution in [3.8, 4) is 5.75 Å². The Morgan fingerprint density at radius 2 is 1.86 bits per heavy atom. The third-order valence-electron chi connectivity index (χ3n) is 2.67. The molecule has 1 N–H and O–H groups in total. The average Bonchev–Trinajstić information content (AvgIpc) is 2.42. The van der Waals surface area contributed by atoms with Gasteiger partial charge in [0, 0.05) is 10.0 Å². The normalized spacial score (nSPS) is 10.5. The topological polar surface area (TPSA) is 38.3 Å². The van der Waals surface area contributed by atoms with Crippen LogP contribution in [0.15, 0.2) is 46.9 Å². The van der Waals surface area contributed by atoms with Crippen LogP contribution in [-0.2, 0) is 0 Å². The fourth-order valence-electron chi connectivity index (χ4n) is 1.74. The molecule has 21 heavy (non-hydrogen) atoms. The zero-order valence-electron chi connectivity index (χ0n) is 11.7. The minimum atomic E-state index is -0.213. The van der Waals surface area contributed by atoms with Crippen LogP contribution in [0.25, 0.3) is 0 Å². The Balaban J connectivity index is 2.09. The Labute approximate surface area is 137 Å². The fourth-order valence-corrected chi connectivity index (χ4v) is 2.46. The lowest BCUT2D eigenvalue weighted by atomic mass is 10.2. The molecule has 5 heteroatoms. The van der Waals surface area contributed by atoms with Crippen molar-refractivity contribution >= 4 is 39.1 Å². The molecule has 0 bridgehead atoms. The number of carbonyl (C=O) groups is 1. The molecule has 0 atom stereocenters. The lowest BCUT2D eigenvalue weighted by Gasteiger charge is -2.11. The smallest absolute Gasteiger partial charge is 0.255 e. The summed E-state index contributed by atoms with van der Waals surface area (Å²) < 4.78 is 6.40. The summed E-state index contributed by atoms with van der Waals surface area (Å²) in [5.41, 5.74) is 1.12. The van der Waals surface area contributed by atoms with Gasteiger partial charge >= 0.3 is 0 Å². The van der Waals surface area contributed by atoms with E-state index < -0.39 is 0 Å². The fraction of sp³-hybridized carbons (Fsp3) is 0.188. The van der Waals surface area contributed by atoms with Gasteiger partial charge in [0.2, 0.25) is 0 Å². The SMILES string of the molecule is CC(C)Oc1ccc(C(=O)Nc2ccc(Br)cc2Cl)cc1. The van der Waals surface area contributed by atoms with Gasteiger partial charge in [0.1, 0.15) is 5.75 Å². The maximum atomic E-state index is 12.2. The number of hydrogen-bond acceptors (Lipinski definition) is 2. The molecular formula is C16H15BrClNO2. The Kier molecular flexibility index (Phi) is 5.26. The second-order valence-electron chi connectivity index (χ2n) is 4.77. The van der Waals surface area contributed by atoms with E-state index in [-0.39, 0.29) is 12.0 Å². The lowest BCUT2D eigenvalue weighted by Crippen LogP contribution is -2.12. The monoisotopic (exact) mass is 367 g/mol. The Hall–Kier alpha value is -1.52. The average molecular weight is 369 g/mol. The van der Waals surface area contributed by atoms with Gasteiger partial charge in [-0.3, -0.25) is 4.79 Å². The van der Waals surface area contributed by atoms with Crippen molar-refractivity contribution in [1.82, 2.24) is 0 Å². The zero-order valence-corrected chi connectivity index (χ0v) is 14.0. The van der Waals surface area contributed by atoms with Gasteiger partial charge in [-0.05, 0) is 56.3 Å². The van der Waals surface area contributed by atoms with Gasteiger partial charge in [0.15, 0.2) is 0 Å². The van der Waals surface area contributed by atoms with Gasteiger partial charge < -0.3 is 10.1 Å². The maximum absolute atomic E-state index is 12.2. The van der Waals surface area contributed by atoms with E-state index in [1.54, 1.807) is 36.4 Å². The third-order valence-corrected chi connectivity index (χ3v) is 3.47.